The number of nitrogens with one attached hydrogen (secondary N) is 1. The first kappa shape index (κ1) is 19.3. The Morgan fingerprint density at radius 1 is 1.14 bits per heavy atom. The Kier molecular flexibility index (Phi) is 5.14. The van der Waals surface area contributed by atoms with E-state index >= 15 is 0 Å². The van der Waals surface area contributed by atoms with E-state index in [0.29, 0.717) is 28.5 Å². The van der Waals surface area contributed by atoms with Gasteiger partial charge in [0, 0.05) is 10.4 Å². The molecular formula is C21H23NO4S2. The third-order valence-corrected chi connectivity index (χ3v) is 8.55. The zero-order valence-corrected chi connectivity index (χ0v) is 17.4. The van der Waals surface area contributed by atoms with E-state index in [1.165, 1.54) is 11.3 Å². The molecule has 28 heavy (non-hydrogen) atoms. The number of ketones is 1. The van der Waals surface area contributed by atoms with Crippen molar-refractivity contribution in [3.8, 4) is 0 Å². The first-order valence-electron chi connectivity index (χ1n) is 9.59. The highest BCUT2D eigenvalue weighted by Gasteiger charge is 2.35. The summed E-state index contributed by atoms with van der Waals surface area (Å²) in [6, 6.07) is 9.09. The van der Waals surface area contributed by atoms with Crippen molar-refractivity contribution in [2.45, 2.75) is 32.6 Å². The number of sulfone groups is 1. The summed E-state index contributed by atoms with van der Waals surface area (Å²) in [5.74, 6) is -0.420. The molecule has 1 aliphatic heterocycles. The molecule has 2 heterocycles. The summed E-state index contributed by atoms with van der Waals surface area (Å²) in [4.78, 5) is 27.1. The number of carbonyl (C=O) groups excluding carboxylic acids is 2. The number of hydrogen-bond acceptors (Lipinski definition) is 5. The lowest BCUT2D eigenvalue weighted by Gasteiger charge is -2.18. The monoisotopic (exact) mass is 417 g/mol. The zero-order chi connectivity index (χ0) is 19.9. The van der Waals surface area contributed by atoms with E-state index in [4.69, 9.17) is 0 Å². The van der Waals surface area contributed by atoms with E-state index in [1.54, 1.807) is 12.1 Å². The Hall–Kier alpha value is -1.99. The molecule has 4 rings (SSSR count). The molecule has 2 aromatic rings. The number of carbonyl (C=O) groups is 2. The minimum atomic E-state index is -3.14. The van der Waals surface area contributed by atoms with Crippen molar-refractivity contribution in [3.05, 3.63) is 51.9 Å². The van der Waals surface area contributed by atoms with Crippen LogP contribution in [0.4, 0.5) is 5.00 Å². The van der Waals surface area contributed by atoms with E-state index < -0.39 is 15.8 Å². The van der Waals surface area contributed by atoms with Crippen LogP contribution in [0.25, 0.3) is 0 Å². The highest BCUT2D eigenvalue weighted by Crippen LogP contribution is 2.41. The van der Waals surface area contributed by atoms with Crippen LogP contribution in [0.1, 0.15) is 46.1 Å². The van der Waals surface area contributed by atoms with Crippen LogP contribution in [0.15, 0.2) is 30.3 Å². The molecule has 1 fully saturated rings. The van der Waals surface area contributed by atoms with Crippen LogP contribution in [0.5, 0.6) is 0 Å². The van der Waals surface area contributed by atoms with Gasteiger partial charge >= 0.3 is 0 Å². The summed E-state index contributed by atoms with van der Waals surface area (Å²) in [5.41, 5.74) is 2.24. The summed E-state index contributed by atoms with van der Waals surface area (Å²) >= 11 is 1.47. The zero-order valence-electron chi connectivity index (χ0n) is 15.7. The minimum Gasteiger partial charge on any atom is -0.317 e. The second-order valence-electron chi connectivity index (χ2n) is 7.84. The van der Waals surface area contributed by atoms with Gasteiger partial charge in [0.25, 0.3) is 0 Å². The Morgan fingerprint density at radius 2 is 1.89 bits per heavy atom. The third-order valence-electron chi connectivity index (χ3n) is 5.61. The number of amides is 1. The molecular weight excluding hydrogens is 394 g/mol. The average Bonchev–Trinajstić information content (AvgIpc) is 3.20. The van der Waals surface area contributed by atoms with Crippen LogP contribution < -0.4 is 5.32 Å². The molecule has 0 bridgehead atoms. The summed E-state index contributed by atoms with van der Waals surface area (Å²) in [5, 5.41) is 3.48. The van der Waals surface area contributed by atoms with E-state index in [0.717, 1.165) is 29.7 Å². The molecule has 0 radical (unpaired) electrons. The van der Waals surface area contributed by atoms with Gasteiger partial charge in [-0.05, 0) is 37.2 Å². The van der Waals surface area contributed by atoms with E-state index in [-0.39, 0.29) is 23.2 Å². The molecule has 0 unspecified atom stereocenters. The molecule has 1 aromatic heterocycles. The molecule has 2 atom stereocenters. The number of hydrogen-bond donors (Lipinski definition) is 1. The van der Waals surface area contributed by atoms with Gasteiger partial charge < -0.3 is 5.32 Å². The first-order valence-corrected chi connectivity index (χ1v) is 12.2. The number of fused-ring (bicyclic) bond motifs is 1. The van der Waals surface area contributed by atoms with Gasteiger partial charge in [-0.3, -0.25) is 9.59 Å². The van der Waals surface area contributed by atoms with Crippen molar-refractivity contribution >= 4 is 37.9 Å². The Morgan fingerprint density at radius 3 is 2.57 bits per heavy atom. The summed E-state index contributed by atoms with van der Waals surface area (Å²) in [6.45, 7) is 2.20. The molecule has 2 aliphatic rings. The van der Waals surface area contributed by atoms with Gasteiger partial charge in [-0.15, -0.1) is 11.3 Å². The maximum absolute atomic E-state index is 13.2. The predicted molar refractivity (Wildman–Crippen MR) is 111 cm³/mol. The van der Waals surface area contributed by atoms with Gasteiger partial charge in [0.1, 0.15) is 5.00 Å². The fourth-order valence-corrected chi connectivity index (χ4v) is 7.18. The fourth-order valence-electron chi connectivity index (χ4n) is 4.03. The second-order valence-corrected chi connectivity index (χ2v) is 11.2. The molecule has 7 heteroatoms. The lowest BCUT2D eigenvalue weighted by atomic mass is 9.86. The van der Waals surface area contributed by atoms with Crippen molar-refractivity contribution in [2.24, 2.45) is 11.8 Å². The predicted octanol–water partition coefficient (Wildman–Crippen LogP) is 3.48. The van der Waals surface area contributed by atoms with Crippen molar-refractivity contribution in [1.82, 2.24) is 0 Å². The SMILES string of the molecule is C[C@H]1CCc2c(sc(NC(=O)[C@H]3CCS(=O)(=O)C3)c2C(=O)c2ccccc2)C1. The van der Waals surface area contributed by atoms with Gasteiger partial charge in [0.15, 0.2) is 15.6 Å². The topological polar surface area (TPSA) is 80.3 Å². The highest BCUT2D eigenvalue weighted by atomic mass is 32.2. The van der Waals surface area contributed by atoms with Gasteiger partial charge in [0.2, 0.25) is 5.91 Å². The molecule has 1 saturated heterocycles. The fraction of sp³-hybridized carbons (Fsp3) is 0.429. The molecule has 5 nitrogen and oxygen atoms in total. The van der Waals surface area contributed by atoms with Gasteiger partial charge in [-0.25, -0.2) is 8.42 Å². The Labute approximate surface area is 169 Å². The minimum absolute atomic E-state index is 0.0549. The lowest BCUT2D eigenvalue weighted by molar-refractivity contribution is -0.119. The molecule has 1 N–H and O–H groups in total. The largest absolute Gasteiger partial charge is 0.317 e. The van der Waals surface area contributed by atoms with E-state index in [9.17, 15) is 18.0 Å². The molecule has 1 aliphatic carbocycles. The highest BCUT2D eigenvalue weighted by molar-refractivity contribution is 7.91. The first-order chi connectivity index (χ1) is 13.3. The molecule has 148 valence electrons. The molecule has 0 saturated carbocycles. The smallest absolute Gasteiger partial charge is 0.229 e. The Balaban J connectivity index is 1.68. The maximum Gasteiger partial charge on any atom is 0.229 e. The summed E-state index contributed by atoms with van der Waals surface area (Å²) in [6.07, 6.45) is 3.10. The van der Waals surface area contributed by atoms with Gasteiger partial charge in [0.05, 0.1) is 23.0 Å². The van der Waals surface area contributed by atoms with E-state index in [2.05, 4.69) is 12.2 Å². The van der Waals surface area contributed by atoms with Crippen molar-refractivity contribution < 1.29 is 18.0 Å². The van der Waals surface area contributed by atoms with E-state index in [1.807, 2.05) is 18.2 Å². The number of thiophene rings is 1. The molecule has 1 amide bonds. The standard InChI is InChI=1S/C21H23NO4S2/c1-13-7-8-16-17(11-13)27-21(18(16)19(23)14-5-3-2-4-6-14)22-20(24)15-9-10-28(25,26)12-15/h2-6,13,15H,7-12H2,1H3,(H,22,24)/t13-,15-/m0/s1. The van der Waals surface area contributed by atoms with Crippen LogP contribution in [0, 0.1) is 11.8 Å². The average molecular weight is 418 g/mol. The maximum atomic E-state index is 13.2. The summed E-state index contributed by atoms with van der Waals surface area (Å²) in [7, 11) is -3.14. The van der Waals surface area contributed by atoms with Crippen LogP contribution in [0.3, 0.4) is 0 Å². The molecule has 0 spiro atoms. The van der Waals surface area contributed by atoms with Gasteiger partial charge in [-0.2, -0.15) is 0 Å². The number of anilines is 1. The van der Waals surface area contributed by atoms with Crippen molar-refractivity contribution in [1.29, 1.82) is 0 Å². The van der Waals surface area contributed by atoms with Crippen LogP contribution in [-0.2, 0) is 27.5 Å². The quantitative estimate of drug-likeness (QED) is 0.773. The normalized spacial score (nSPS) is 23.2. The van der Waals surface area contributed by atoms with Crippen molar-refractivity contribution in [3.63, 3.8) is 0 Å². The van der Waals surface area contributed by atoms with Crippen LogP contribution in [0.2, 0.25) is 0 Å². The van der Waals surface area contributed by atoms with Crippen molar-refractivity contribution in [2.75, 3.05) is 16.8 Å². The second kappa shape index (κ2) is 7.44. The van der Waals surface area contributed by atoms with Gasteiger partial charge in [-0.1, -0.05) is 37.3 Å². The number of benzene rings is 1. The Bertz CT molecular complexity index is 1020. The lowest BCUT2D eigenvalue weighted by Crippen LogP contribution is -2.24. The number of rotatable bonds is 4. The third kappa shape index (κ3) is 3.78. The van der Waals surface area contributed by atoms with Crippen LogP contribution in [-0.4, -0.2) is 31.6 Å². The van der Waals surface area contributed by atoms with Crippen LogP contribution >= 0.6 is 11.3 Å². The summed E-state index contributed by atoms with van der Waals surface area (Å²) < 4.78 is 23.4. The molecule has 1 aromatic carbocycles.